The monoisotopic (exact) mass is 442 g/mol. The van der Waals surface area contributed by atoms with E-state index in [9.17, 15) is 13.6 Å². The topological polar surface area (TPSA) is 50.8 Å². The maximum absolute atomic E-state index is 12.5. The van der Waals surface area contributed by atoms with E-state index in [1.165, 1.54) is 6.07 Å². The number of halogens is 3. The summed E-state index contributed by atoms with van der Waals surface area (Å²) in [6, 6.07) is 12.1. The van der Waals surface area contributed by atoms with Crippen LogP contribution in [0.4, 0.5) is 14.5 Å². The number of carbonyl (C=O) groups is 1. The van der Waals surface area contributed by atoms with Crippen LogP contribution in [0.25, 0.3) is 0 Å². The molecule has 0 bridgehead atoms. The van der Waals surface area contributed by atoms with Gasteiger partial charge in [-0.1, -0.05) is 18.2 Å². The Balaban J connectivity index is 1.98. The van der Waals surface area contributed by atoms with Crippen molar-refractivity contribution in [2.24, 2.45) is 0 Å². The zero-order chi connectivity index (χ0) is 19.8. The second-order valence-electron chi connectivity index (χ2n) is 5.79. The molecule has 0 saturated carbocycles. The number of rotatable bonds is 9. The molecule has 146 valence electrons. The van der Waals surface area contributed by atoms with Gasteiger partial charge >= 0.3 is 6.61 Å². The summed E-state index contributed by atoms with van der Waals surface area (Å²) in [6.45, 7) is -0.220. The molecule has 0 aromatic heterocycles. The Morgan fingerprint density at radius 1 is 1.22 bits per heavy atom. The molecule has 1 N–H and O–H groups in total. The summed E-state index contributed by atoms with van der Waals surface area (Å²) in [4.78, 5) is 14.0. The van der Waals surface area contributed by atoms with Crippen LogP contribution in [0.15, 0.2) is 46.9 Å². The minimum Gasteiger partial charge on any atom is -0.490 e. The number of alkyl halides is 2. The number of likely N-dealkylation sites (N-methyl/N-ethyl adjacent to an activating group) is 1. The highest BCUT2D eigenvalue weighted by Gasteiger charge is 2.14. The molecule has 0 unspecified atom stereocenters. The van der Waals surface area contributed by atoms with Crippen LogP contribution in [0.5, 0.6) is 11.5 Å². The number of carbonyl (C=O) groups excluding carboxylic acids is 1. The number of nitrogens with one attached hydrogen (secondary N) is 1. The van der Waals surface area contributed by atoms with E-state index in [1.54, 1.807) is 32.2 Å². The molecule has 0 saturated heterocycles. The third-order valence-electron chi connectivity index (χ3n) is 3.54. The second kappa shape index (κ2) is 10.2. The minimum atomic E-state index is -2.92. The van der Waals surface area contributed by atoms with Crippen molar-refractivity contribution in [1.82, 2.24) is 4.90 Å². The number of nitrogens with zero attached hydrogens (tertiary/aromatic N) is 1. The van der Waals surface area contributed by atoms with Crippen molar-refractivity contribution in [3.05, 3.63) is 52.5 Å². The Morgan fingerprint density at radius 3 is 2.63 bits per heavy atom. The highest BCUT2D eigenvalue weighted by Crippen LogP contribution is 2.30. The molecule has 8 heteroatoms. The first-order chi connectivity index (χ1) is 12.9. The van der Waals surface area contributed by atoms with Gasteiger partial charge in [-0.2, -0.15) is 8.78 Å². The summed E-state index contributed by atoms with van der Waals surface area (Å²) in [6.07, 6.45) is 0. The molecule has 0 radical (unpaired) electrons. The van der Waals surface area contributed by atoms with Gasteiger partial charge in [0, 0.05) is 11.0 Å². The van der Waals surface area contributed by atoms with Gasteiger partial charge in [-0.15, -0.1) is 0 Å². The van der Waals surface area contributed by atoms with Crippen LogP contribution in [0.1, 0.15) is 12.5 Å². The molecule has 0 atom stereocenters. The number of amides is 1. The van der Waals surface area contributed by atoms with Crippen LogP contribution in [0.3, 0.4) is 0 Å². The maximum atomic E-state index is 12.5. The van der Waals surface area contributed by atoms with Crippen molar-refractivity contribution >= 4 is 27.5 Å². The standard InChI is InChI=1S/C19H21BrF2N2O3/c1-3-26-17-10-13(8-9-16(17)27-19(21)22)11-24(2)12-18(25)23-15-7-5-4-6-14(15)20/h4-10,19H,3,11-12H2,1-2H3,(H,23,25). The predicted molar refractivity (Wildman–Crippen MR) is 103 cm³/mol. The van der Waals surface area contributed by atoms with E-state index in [4.69, 9.17) is 4.74 Å². The lowest BCUT2D eigenvalue weighted by atomic mass is 10.2. The van der Waals surface area contributed by atoms with Crippen LogP contribution in [0.2, 0.25) is 0 Å². The van der Waals surface area contributed by atoms with Crippen molar-refractivity contribution in [3.63, 3.8) is 0 Å². The average molecular weight is 443 g/mol. The molecule has 5 nitrogen and oxygen atoms in total. The first kappa shape index (κ1) is 21.1. The van der Waals surface area contributed by atoms with Gasteiger partial charge in [0.1, 0.15) is 0 Å². The molecule has 0 fully saturated rings. The van der Waals surface area contributed by atoms with Crippen molar-refractivity contribution in [2.45, 2.75) is 20.1 Å². The second-order valence-corrected chi connectivity index (χ2v) is 6.65. The van der Waals surface area contributed by atoms with Gasteiger partial charge in [-0.3, -0.25) is 9.69 Å². The van der Waals surface area contributed by atoms with Crippen molar-refractivity contribution < 1.29 is 23.0 Å². The first-order valence-corrected chi connectivity index (χ1v) is 9.11. The van der Waals surface area contributed by atoms with Crippen LogP contribution >= 0.6 is 15.9 Å². The molecule has 2 aromatic rings. The number of para-hydroxylation sites is 1. The average Bonchev–Trinajstić information content (AvgIpc) is 2.59. The highest BCUT2D eigenvalue weighted by molar-refractivity contribution is 9.10. The summed E-state index contributed by atoms with van der Waals surface area (Å²) in [7, 11) is 1.80. The fourth-order valence-electron chi connectivity index (χ4n) is 2.48. The normalized spacial score (nSPS) is 10.9. The third-order valence-corrected chi connectivity index (χ3v) is 4.23. The SMILES string of the molecule is CCOc1cc(CN(C)CC(=O)Nc2ccccc2Br)ccc1OC(F)F. The molecule has 1 amide bonds. The van der Waals surface area contributed by atoms with Crippen LogP contribution in [-0.4, -0.2) is 37.6 Å². The smallest absolute Gasteiger partial charge is 0.387 e. The van der Waals surface area contributed by atoms with E-state index in [0.29, 0.717) is 18.8 Å². The molecule has 0 aliphatic carbocycles. The fraction of sp³-hybridized carbons (Fsp3) is 0.316. The zero-order valence-corrected chi connectivity index (χ0v) is 16.6. The molecule has 0 heterocycles. The minimum absolute atomic E-state index is 0.00933. The number of hydrogen-bond acceptors (Lipinski definition) is 4. The van der Waals surface area contributed by atoms with E-state index in [2.05, 4.69) is 26.0 Å². The number of benzene rings is 2. The van der Waals surface area contributed by atoms with Crippen molar-refractivity contribution in [3.8, 4) is 11.5 Å². The summed E-state index contributed by atoms with van der Waals surface area (Å²) in [5.74, 6) is 0.0818. The van der Waals surface area contributed by atoms with Crippen LogP contribution in [0, 0.1) is 0 Å². The molecule has 0 aliphatic heterocycles. The maximum Gasteiger partial charge on any atom is 0.387 e. The van der Waals surface area contributed by atoms with E-state index >= 15 is 0 Å². The molecular weight excluding hydrogens is 422 g/mol. The first-order valence-electron chi connectivity index (χ1n) is 8.32. The summed E-state index contributed by atoms with van der Waals surface area (Å²) >= 11 is 3.38. The Morgan fingerprint density at radius 2 is 1.96 bits per heavy atom. The lowest BCUT2D eigenvalue weighted by molar-refractivity contribution is -0.117. The largest absolute Gasteiger partial charge is 0.490 e. The number of ether oxygens (including phenoxy) is 2. The number of hydrogen-bond donors (Lipinski definition) is 1. The predicted octanol–water partition coefficient (Wildman–Crippen LogP) is 4.52. The van der Waals surface area contributed by atoms with Crippen molar-refractivity contribution in [1.29, 1.82) is 0 Å². The summed E-state index contributed by atoms with van der Waals surface area (Å²) in [5.41, 5.74) is 1.51. The van der Waals surface area contributed by atoms with E-state index in [1.807, 2.05) is 23.1 Å². The van der Waals surface area contributed by atoms with E-state index < -0.39 is 6.61 Å². The van der Waals surface area contributed by atoms with Gasteiger partial charge < -0.3 is 14.8 Å². The molecule has 27 heavy (non-hydrogen) atoms. The molecule has 0 aliphatic rings. The molecule has 2 aromatic carbocycles. The number of anilines is 1. The molecule has 0 spiro atoms. The van der Waals surface area contributed by atoms with Gasteiger partial charge in [0.15, 0.2) is 11.5 Å². The fourth-order valence-corrected chi connectivity index (χ4v) is 2.86. The Hall–Kier alpha value is -2.19. The van der Waals surface area contributed by atoms with Gasteiger partial charge in [0.2, 0.25) is 5.91 Å². The third kappa shape index (κ3) is 6.80. The van der Waals surface area contributed by atoms with Gasteiger partial charge in [0.05, 0.1) is 18.8 Å². The highest BCUT2D eigenvalue weighted by atomic mass is 79.9. The Kier molecular flexibility index (Phi) is 7.99. The Labute approximate surface area is 165 Å². The van der Waals surface area contributed by atoms with Crippen LogP contribution < -0.4 is 14.8 Å². The summed E-state index contributed by atoms with van der Waals surface area (Å²) < 4.78 is 35.6. The molecular formula is C19H21BrF2N2O3. The lowest BCUT2D eigenvalue weighted by Crippen LogP contribution is -2.29. The van der Waals surface area contributed by atoms with Crippen LogP contribution in [-0.2, 0) is 11.3 Å². The Bertz CT molecular complexity index is 774. The van der Waals surface area contributed by atoms with Gasteiger partial charge in [-0.25, -0.2) is 0 Å². The molecule has 2 rings (SSSR count). The quantitative estimate of drug-likeness (QED) is 0.620. The lowest BCUT2D eigenvalue weighted by Gasteiger charge is -2.18. The van der Waals surface area contributed by atoms with E-state index in [-0.39, 0.29) is 24.0 Å². The zero-order valence-electron chi connectivity index (χ0n) is 15.0. The van der Waals surface area contributed by atoms with Crippen molar-refractivity contribution in [2.75, 3.05) is 25.5 Å². The van der Waals surface area contributed by atoms with Gasteiger partial charge in [-0.05, 0) is 59.7 Å². The van der Waals surface area contributed by atoms with Gasteiger partial charge in [0.25, 0.3) is 0 Å². The van der Waals surface area contributed by atoms with E-state index in [0.717, 1.165) is 10.0 Å². The summed E-state index contributed by atoms with van der Waals surface area (Å²) in [5, 5.41) is 2.83.